The number of primary amides is 1. The van der Waals surface area contributed by atoms with Crippen molar-refractivity contribution < 1.29 is 14.5 Å². The predicted molar refractivity (Wildman–Crippen MR) is 89.2 cm³/mol. The second-order valence-corrected chi connectivity index (χ2v) is 5.94. The lowest BCUT2D eigenvalue weighted by molar-refractivity contribution is -0.385. The van der Waals surface area contributed by atoms with Crippen LogP contribution in [0.25, 0.3) is 0 Å². The maximum Gasteiger partial charge on any atom is 0.286 e. The molecule has 136 valence electrons. The first-order chi connectivity index (χ1) is 11.8. The number of nitrogens with one attached hydrogen (secondary N) is 1. The van der Waals surface area contributed by atoms with E-state index in [2.05, 4.69) is 17.1 Å². The van der Waals surface area contributed by atoms with Gasteiger partial charge in [-0.05, 0) is 19.4 Å². The van der Waals surface area contributed by atoms with Gasteiger partial charge in [-0.1, -0.05) is 6.92 Å². The zero-order valence-electron chi connectivity index (χ0n) is 13.9. The van der Waals surface area contributed by atoms with Crippen molar-refractivity contribution in [3.05, 3.63) is 38.3 Å². The van der Waals surface area contributed by atoms with Gasteiger partial charge in [-0.3, -0.25) is 29.1 Å². The van der Waals surface area contributed by atoms with Crippen LogP contribution in [0, 0.1) is 10.1 Å². The lowest BCUT2D eigenvalue weighted by atomic mass is 10.1. The molecule has 1 aliphatic rings. The summed E-state index contributed by atoms with van der Waals surface area (Å²) in [5.41, 5.74) is 3.26. The Labute approximate surface area is 143 Å². The lowest BCUT2D eigenvalue weighted by Gasteiger charge is -2.31. The van der Waals surface area contributed by atoms with E-state index in [0.29, 0.717) is 0 Å². The molecule has 0 radical (unpaired) electrons. The molecule has 3 N–H and O–H groups in total. The highest BCUT2D eigenvalue weighted by Crippen LogP contribution is 2.11. The Hall–Kier alpha value is -2.75. The van der Waals surface area contributed by atoms with Gasteiger partial charge in [0.05, 0.1) is 11.1 Å². The summed E-state index contributed by atoms with van der Waals surface area (Å²) in [4.78, 5) is 48.1. The summed E-state index contributed by atoms with van der Waals surface area (Å²) in [6, 6.07) is 0.819. The van der Waals surface area contributed by atoms with Crippen LogP contribution in [0.2, 0.25) is 0 Å². The van der Waals surface area contributed by atoms with Crippen molar-refractivity contribution in [2.45, 2.75) is 32.4 Å². The van der Waals surface area contributed by atoms with Crippen molar-refractivity contribution in [3.63, 3.8) is 0 Å². The van der Waals surface area contributed by atoms with Crippen molar-refractivity contribution in [2.75, 3.05) is 19.6 Å². The SMILES string of the molecule is CCN1CCC(NC(=O)Cn2cc([N+](=O)[O-])cc(C(N)=O)c2=O)CC1. The van der Waals surface area contributed by atoms with Crippen LogP contribution < -0.4 is 16.6 Å². The number of piperidine rings is 1. The number of rotatable bonds is 6. The van der Waals surface area contributed by atoms with Crippen LogP contribution in [0.5, 0.6) is 0 Å². The molecule has 1 aromatic heterocycles. The number of nitrogens with two attached hydrogens (primary N) is 1. The highest BCUT2D eigenvalue weighted by molar-refractivity contribution is 5.93. The minimum atomic E-state index is -1.07. The number of aromatic nitrogens is 1. The van der Waals surface area contributed by atoms with Crippen LogP contribution in [0.1, 0.15) is 30.1 Å². The summed E-state index contributed by atoms with van der Waals surface area (Å²) in [6.45, 7) is 4.38. The van der Waals surface area contributed by atoms with Gasteiger partial charge in [0.15, 0.2) is 0 Å². The van der Waals surface area contributed by atoms with Crippen molar-refractivity contribution in [1.82, 2.24) is 14.8 Å². The summed E-state index contributed by atoms with van der Waals surface area (Å²) in [5.74, 6) is -1.51. The highest BCUT2D eigenvalue weighted by atomic mass is 16.6. The van der Waals surface area contributed by atoms with Crippen molar-refractivity contribution in [1.29, 1.82) is 0 Å². The van der Waals surface area contributed by atoms with Gasteiger partial charge in [-0.25, -0.2) is 0 Å². The molecule has 0 atom stereocenters. The molecule has 0 unspecified atom stereocenters. The molecule has 1 fully saturated rings. The minimum Gasteiger partial charge on any atom is -0.365 e. The Bertz CT molecular complexity index is 736. The smallest absolute Gasteiger partial charge is 0.286 e. The minimum absolute atomic E-state index is 0.000288. The van der Waals surface area contributed by atoms with E-state index in [1.807, 2.05) is 0 Å². The summed E-state index contributed by atoms with van der Waals surface area (Å²) in [7, 11) is 0. The molecule has 10 heteroatoms. The topological polar surface area (TPSA) is 141 Å². The van der Waals surface area contributed by atoms with Crippen molar-refractivity contribution in [2.24, 2.45) is 5.73 Å². The van der Waals surface area contributed by atoms with Gasteiger partial charge in [0, 0.05) is 25.2 Å². The zero-order chi connectivity index (χ0) is 18.6. The van der Waals surface area contributed by atoms with Crippen LogP contribution in [-0.2, 0) is 11.3 Å². The number of amides is 2. The molecule has 25 heavy (non-hydrogen) atoms. The molecule has 2 rings (SSSR count). The van der Waals surface area contributed by atoms with Crippen LogP contribution in [0.15, 0.2) is 17.1 Å². The fourth-order valence-corrected chi connectivity index (χ4v) is 2.84. The molecule has 0 aromatic carbocycles. The standard InChI is InChI=1S/C15H21N5O5/c1-2-18-5-3-10(4-6-18)17-13(21)9-19-8-11(20(24)25)7-12(14(16)22)15(19)23/h7-8,10H,2-6,9H2,1H3,(H2,16,22)(H,17,21). The number of pyridine rings is 1. The Morgan fingerprint density at radius 1 is 1.40 bits per heavy atom. The highest BCUT2D eigenvalue weighted by Gasteiger charge is 2.22. The average molecular weight is 351 g/mol. The van der Waals surface area contributed by atoms with Gasteiger partial charge in [-0.2, -0.15) is 0 Å². The summed E-state index contributed by atoms with van der Waals surface area (Å²) >= 11 is 0. The molecule has 1 aliphatic heterocycles. The van der Waals surface area contributed by atoms with E-state index in [0.717, 1.165) is 49.3 Å². The normalized spacial score (nSPS) is 15.7. The number of hydrogen-bond acceptors (Lipinski definition) is 6. The third kappa shape index (κ3) is 4.63. The number of nitrogens with zero attached hydrogens (tertiary/aromatic N) is 3. The molecule has 0 saturated carbocycles. The molecule has 10 nitrogen and oxygen atoms in total. The van der Waals surface area contributed by atoms with Gasteiger partial charge in [-0.15, -0.1) is 0 Å². The Morgan fingerprint density at radius 2 is 2.04 bits per heavy atom. The van der Waals surface area contributed by atoms with Crippen LogP contribution >= 0.6 is 0 Å². The van der Waals surface area contributed by atoms with Crippen LogP contribution in [0.4, 0.5) is 5.69 Å². The van der Waals surface area contributed by atoms with E-state index in [9.17, 15) is 24.5 Å². The number of carbonyl (C=O) groups excluding carboxylic acids is 2. The molecule has 0 bridgehead atoms. The third-order valence-corrected chi connectivity index (χ3v) is 4.26. The first-order valence-electron chi connectivity index (χ1n) is 8.02. The van der Waals surface area contributed by atoms with E-state index in [4.69, 9.17) is 5.73 Å². The molecule has 2 heterocycles. The van der Waals surface area contributed by atoms with Crippen LogP contribution in [-0.4, -0.2) is 51.9 Å². The van der Waals surface area contributed by atoms with Crippen molar-refractivity contribution in [3.8, 4) is 0 Å². The zero-order valence-corrected chi connectivity index (χ0v) is 13.9. The van der Waals surface area contributed by atoms with Gasteiger partial charge >= 0.3 is 0 Å². The Kier molecular flexibility index (Phi) is 5.86. The second kappa shape index (κ2) is 7.88. The van der Waals surface area contributed by atoms with Crippen molar-refractivity contribution >= 4 is 17.5 Å². The van der Waals surface area contributed by atoms with E-state index >= 15 is 0 Å². The van der Waals surface area contributed by atoms with Gasteiger partial charge in [0.2, 0.25) is 5.91 Å². The first kappa shape index (κ1) is 18.6. The quantitative estimate of drug-likeness (QED) is 0.521. The van der Waals surface area contributed by atoms with Gasteiger partial charge < -0.3 is 16.0 Å². The summed E-state index contributed by atoms with van der Waals surface area (Å²) in [5, 5.41) is 13.8. The summed E-state index contributed by atoms with van der Waals surface area (Å²) in [6.07, 6.45) is 2.54. The lowest BCUT2D eigenvalue weighted by Crippen LogP contribution is -2.46. The van der Waals surface area contributed by atoms with Crippen LogP contribution in [0.3, 0.4) is 0 Å². The van der Waals surface area contributed by atoms with E-state index in [1.54, 1.807) is 0 Å². The maximum atomic E-state index is 12.2. The molecule has 1 aromatic rings. The maximum absolute atomic E-state index is 12.2. The Balaban J connectivity index is 2.11. The molecule has 1 saturated heterocycles. The number of hydrogen-bond donors (Lipinski definition) is 2. The van der Waals surface area contributed by atoms with E-state index < -0.39 is 40.1 Å². The molecule has 0 aliphatic carbocycles. The number of likely N-dealkylation sites (tertiary alicyclic amines) is 1. The molecule has 2 amide bonds. The summed E-state index contributed by atoms with van der Waals surface area (Å²) < 4.78 is 0.842. The fraction of sp³-hybridized carbons (Fsp3) is 0.533. The predicted octanol–water partition coefficient (Wildman–Crippen LogP) is -0.544. The fourth-order valence-electron chi connectivity index (χ4n) is 2.84. The van der Waals surface area contributed by atoms with E-state index in [-0.39, 0.29) is 6.04 Å². The molecular weight excluding hydrogens is 330 g/mol. The largest absolute Gasteiger partial charge is 0.365 e. The van der Waals surface area contributed by atoms with E-state index in [1.165, 1.54) is 0 Å². The Morgan fingerprint density at radius 3 is 2.56 bits per heavy atom. The molecular formula is C15H21N5O5. The number of carbonyl (C=O) groups is 2. The second-order valence-electron chi connectivity index (χ2n) is 5.94. The van der Waals surface area contributed by atoms with Gasteiger partial charge in [0.25, 0.3) is 17.2 Å². The first-order valence-corrected chi connectivity index (χ1v) is 8.02. The average Bonchev–Trinajstić information content (AvgIpc) is 2.56. The third-order valence-electron chi connectivity index (χ3n) is 4.26. The monoisotopic (exact) mass is 351 g/mol. The van der Waals surface area contributed by atoms with Gasteiger partial charge in [0.1, 0.15) is 12.1 Å². The molecule has 0 spiro atoms. The number of nitro groups is 1.